The number of urea groups is 1. The van der Waals surface area contributed by atoms with Gasteiger partial charge in [-0.25, -0.2) is 4.79 Å². The topological polar surface area (TPSA) is 78.4 Å². The highest BCUT2D eigenvalue weighted by atomic mass is 16.3. The van der Waals surface area contributed by atoms with Gasteiger partial charge in [0.2, 0.25) is 0 Å². The van der Waals surface area contributed by atoms with Crippen LogP contribution in [0.1, 0.15) is 5.56 Å². The van der Waals surface area contributed by atoms with Gasteiger partial charge in [0.1, 0.15) is 11.4 Å². The normalized spacial score (nSPS) is 17.7. The molecule has 1 aliphatic heterocycles. The van der Waals surface area contributed by atoms with Gasteiger partial charge in [-0.2, -0.15) is 0 Å². The van der Waals surface area contributed by atoms with Crippen LogP contribution >= 0.6 is 0 Å². The first-order valence-corrected chi connectivity index (χ1v) is 4.28. The Morgan fingerprint density at radius 3 is 2.27 bits per heavy atom. The summed E-state index contributed by atoms with van der Waals surface area (Å²) >= 11 is 0. The van der Waals surface area contributed by atoms with E-state index in [4.69, 9.17) is 5.11 Å². The molecule has 0 atom stereocenters. The predicted molar refractivity (Wildman–Crippen MR) is 52.8 cm³/mol. The zero-order valence-corrected chi connectivity index (χ0v) is 7.65. The maximum Gasteiger partial charge on any atom is 0.326 e. The van der Waals surface area contributed by atoms with Crippen LogP contribution in [-0.2, 0) is 4.79 Å². The van der Waals surface area contributed by atoms with Gasteiger partial charge in [-0.1, -0.05) is 12.1 Å². The van der Waals surface area contributed by atoms with E-state index in [0.717, 1.165) is 5.56 Å². The summed E-state index contributed by atoms with van der Waals surface area (Å²) in [4.78, 5) is 21.9. The second-order valence-electron chi connectivity index (χ2n) is 3.06. The summed E-state index contributed by atoms with van der Waals surface area (Å²) in [5, 5.41) is 13.5. The molecular weight excluding hydrogens is 196 g/mol. The minimum atomic E-state index is -0.523. The van der Waals surface area contributed by atoms with Crippen molar-refractivity contribution in [3.63, 3.8) is 0 Å². The van der Waals surface area contributed by atoms with E-state index in [1.807, 2.05) is 0 Å². The largest absolute Gasteiger partial charge is 0.508 e. The molecule has 15 heavy (non-hydrogen) atoms. The molecule has 0 saturated carbocycles. The first-order valence-electron chi connectivity index (χ1n) is 4.28. The van der Waals surface area contributed by atoms with Crippen LogP contribution in [0.5, 0.6) is 5.75 Å². The van der Waals surface area contributed by atoms with E-state index in [1.54, 1.807) is 12.1 Å². The van der Waals surface area contributed by atoms with E-state index in [-0.39, 0.29) is 11.4 Å². The minimum absolute atomic E-state index is 0.150. The highest BCUT2D eigenvalue weighted by Crippen LogP contribution is 2.12. The number of nitrogens with one attached hydrogen (secondary N) is 2. The van der Waals surface area contributed by atoms with Crippen molar-refractivity contribution in [2.45, 2.75) is 0 Å². The van der Waals surface area contributed by atoms with Gasteiger partial charge >= 0.3 is 6.03 Å². The van der Waals surface area contributed by atoms with Gasteiger partial charge < -0.3 is 10.4 Å². The van der Waals surface area contributed by atoms with Crippen molar-refractivity contribution in [2.75, 3.05) is 0 Å². The first-order chi connectivity index (χ1) is 7.15. The molecule has 3 N–H and O–H groups in total. The summed E-state index contributed by atoms with van der Waals surface area (Å²) in [6, 6.07) is 5.76. The van der Waals surface area contributed by atoms with Gasteiger partial charge in [-0.3, -0.25) is 10.1 Å². The monoisotopic (exact) mass is 204 g/mol. The van der Waals surface area contributed by atoms with Gasteiger partial charge in [-0.05, 0) is 23.8 Å². The van der Waals surface area contributed by atoms with Crippen LogP contribution in [0.15, 0.2) is 30.0 Å². The quantitative estimate of drug-likeness (QED) is 0.462. The average molecular weight is 204 g/mol. The maximum atomic E-state index is 11.1. The fraction of sp³-hybridized carbons (Fsp3) is 0. The van der Waals surface area contributed by atoms with Crippen molar-refractivity contribution in [1.82, 2.24) is 10.6 Å². The second kappa shape index (κ2) is 3.45. The number of carbonyl (C=O) groups excluding carboxylic acids is 2. The summed E-state index contributed by atoms with van der Waals surface area (Å²) in [5.74, 6) is -0.301. The number of rotatable bonds is 1. The van der Waals surface area contributed by atoms with Gasteiger partial charge in [-0.15, -0.1) is 0 Å². The molecular formula is C10H8N2O3. The molecule has 2 rings (SSSR count). The Morgan fingerprint density at radius 2 is 1.73 bits per heavy atom. The van der Waals surface area contributed by atoms with Crippen molar-refractivity contribution in [3.05, 3.63) is 35.5 Å². The number of phenolic OH excluding ortho intramolecular Hbond substituents is 1. The number of aromatic hydroxyl groups is 1. The van der Waals surface area contributed by atoms with Gasteiger partial charge in [0, 0.05) is 0 Å². The number of phenols is 1. The van der Waals surface area contributed by atoms with E-state index in [0.29, 0.717) is 0 Å². The van der Waals surface area contributed by atoms with Crippen LogP contribution in [0.4, 0.5) is 4.79 Å². The summed E-state index contributed by atoms with van der Waals surface area (Å²) in [7, 11) is 0. The number of hydrogen-bond donors (Lipinski definition) is 3. The number of amides is 3. The Kier molecular flexibility index (Phi) is 2.13. The summed E-state index contributed by atoms with van der Waals surface area (Å²) in [6.45, 7) is 0. The molecule has 1 fully saturated rings. The zero-order chi connectivity index (χ0) is 10.8. The molecule has 0 bridgehead atoms. The van der Waals surface area contributed by atoms with Crippen LogP contribution in [0, 0.1) is 0 Å². The van der Waals surface area contributed by atoms with Crippen molar-refractivity contribution < 1.29 is 14.7 Å². The molecule has 5 heteroatoms. The fourth-order valence-corrected chi connectivity index (χ4v) is 1.22. The molecule has 0 unspecified atom stereocenters. The standard InChI is InChI=1S/C10H8N2O3/c13-7-3-1-6(2-4-7)5-8-9(14)12-10(15)11-8/h1-5,13H,(H2,11,12,14,15). The van der Waals surface area contributed by atoms with Crippen molar-refractivity contribution in [3.8, 4) is 5.75 Å². The Labute approximate surface area is 85.4 Å². The van der Waals surface area contributed by atoms with Crippen LogP contribution in [-0.4, -0.2) is 17.0 Å². The fourth-order valence-electron chi connectivity index (χ4n) is 1.22. The zero-order valence-electron chi connectivity index (χ0n) is 7.65. The molecule has 1 saturated heterocycles. The van der Waals surface area contributed by atoms with Crippen molar-refractivity contribution >= 4 is 18.0 Å². The Hall–Kier alpha value is -2.30. The molecule has 1 aliphatic rings. The predicted octanol–water partition coefficient (Wildman–Crippen LogP) is 0.573. The SMILES string of the molecule is O=C1NC(=O)C(=Cc2ccc(O)cc2)N1. The lowest BCUT2D eigenvalue weighted by molar-refractivity contribution is -0.115. The van der Waals surface area contributed by atoms with E-state index in [2.05, 4.69) is 10.6 Å². The van der Waals surface area contributed by atoms with Crippen molar-refractivity contribution in [1.29, 1.82) is 0 Å². The van der Waals surface area contributed by atoms with Crippen LogP contribution in [0.25, 0.3) is 6.08 Å². The van der Waals surface area contributed by atoms with Gasteiger partial charge in [0.25, 0.3) is 5.91 Å². The van der Waals surface area contributed by atoms with Crippen molar-refractivity contribution in [2.24, 2.45) is 0 Å². The van der Waals surface area contributed by atoms with E-state index in [1.165, 1.54) is 18.2 Å². The first kappa shape index (κ1) is 9.26. The molecule has 0 radical (unpaired) electrons. The highest BCUT2D eigenvalue weighted by molar-refractivity contribution is 6.13. The van der Waals surface area contributed by atoms with Gasteiger partial charge in [0.05, 0.1) is 0 Å². The molecule has 1 heterocycles. The molecule has 0 aliphatic carbocycles. The lowest BCUT2D eigenvalue weighted by atomic mass is 10.2. The lowest BCUT2D eigenvalue weighted by Crippen LogP contribution is -2.22. The van der Waals surface area contributed by atoms with Crippen LogP contribution < -0.4 is 10.6 Å². The van der Waals surface area contributed by atoms with E-state index >= 15 is 0 Å². The van der Waals surface area contributed by atoms with Gasteiger partial charge in [0.15, 0.2) is 0 Å². The summed E-state index contributed by atoms with van der Waals surface area (Å²) in [6.07, 6.45) is 1.53. The number of benzene rings is 1. The Morgan fingerprint density at radius 1 is 1.07 bits per heavy atom. The number of carbonyl (C=O) groups is 2. The molecule has 76 valence electrons. The Bertz CT molecular complexity index is 448. The molecule has 1 aromatic carbocycles. The molecule has 0 aromatic heterocycles. The minimum Gasteiger partial charge on any atom is -0.508 e. The molecule has 0 spiro atoms. The summed E-state index contributed by atoms with van der Waals surface area (Å²) < 4.78 is 0. The third kappa shape index (κ3) is 1.96. The maximum absolute atomic E-state index is 11.1. The second-order valence-corrected chi connectivity index (χ2v) is 3.06. The Balaban J connectivity index is 2.27. The highest BCUT2D eigenvalue weighted by Gasteiger charge is 2.22. The van der Waals surface area contributed by atoms with E-state index < -0.39 is 11.9 Å². The number of imide groups is 1. The third-order valence-corrected chi connectivity index (χ3v) is 1.92. The van der Waals surface area contributed by atoms with Crippen LogP contribution in [0.3, 0.4) is 0 Å². The summed E-state index contributed by atoms with van der Waals surface area (Å²) in [5.41, 5.74) is 0.922. The molecule has 5 nitrogen and oxygen atoms in total. The smallest absolute Gasteiger partial charge is 0.326 e. The van der Waals surface area contributed by atoms with E-state index in [9.17, 15) is 9.59 Å². The average Bonchev–Trinajstić information content (AvgIpc) is 2.49. The third-order valence-electron chi connectivity index (χ3n) is 1.92. The molecule has 3 amide bonds. The van der Waals surface area contributed by atoms with Crippen LogP contribution in [0.2, 0.25) is 0 Å². The molecule has 1 aromatic rings. The lowest BCUT2D eigenvalue weighted by Gasteiger charge is -1.96. The number of hydrogen-bond acceptors (Lipinski definition) is 3.